The predicted molar refractivity (Wildman–Crippen MR) is 131 cm³/mol. The van der Waals surface area contributed by atoms with Crippen molar-refractivity contribution < 1.29 is 61.3 Å². The summed E-state index contributed by atoms with van der Waals surface area (Å²) in [5, 5.41) is 22.4. The quantitative estimate of drug-likeness (QED) is 0.184. The Hall–Kier alpha value is -2.13. The van der Waals surface area contributed by atoms with Crippen molar-refractivity contribution in [2.75, 3.05) is 20.2 Å². The number of ether oxygens (including phenoxy) is 3. The SMILES string of the molecule is CC[C@]1(COP(=O)(OCOC(=O)C(C)(C)C)OCOC(=O)C(C)(C)C)O[C@@H](N2C=CC(O)NC2=O)[C@H](F)[C@@H]1O. The van der Waals surface area contributed by atoms with E-state index in [2.05, 4.69) is 5.32 Å². The van der Waals surface area contributed by atoms with Crippen LogP contribution in [0.15, 0.2) is 12.3 Å². The van der Waals surface area contributed by atoms with Gasteiger partial charge in [0.25, 0.3) is 0 Å². The number of urea groups is 1. The van der Waals surface area contributed by atoms with Crippen molar-refractivity contribution >= 4 is 25.8 Å². The Balaban J connectivity index is 2.17. The number of rotatable bonds is 11. The molecule has 2 heterocycles. The predicted octanol–water partition coefficient (Wildman–Crippen LogP) is 2.30. The molecule has 224 valence electrons. The second kappa shape index (κ2) is 12.6. The van der Waals surface area contributed by atoms with E-state index in [-0.39, 0.29) is 6.42 Å². The number of aliphatic hydroxyl groups excluding tert-OH is 2. The maximum absolute atomic E-state index is 15.1. The van der Waals surface area contributed by atoms with E-state index in [0.29, 0.717) is 0 Å². The average molecular weight is 585 g/mol. The summed E-state index contributed by atoms with van der Waals surface area (Å²) in [6, 6.07) is -0.878. The van der Waals surface area contributed by atoms with E-state index in [9.17, 15) is 29.2 Å². The second-order valence-corrected chi connectivity index (χ2v) is 12.7. The molecule has 5 atom stereocenters. The lowest BCUT2D eigenvalue weighted by atomic mass is 9.94. The Labute approximate surface area is 226 Å². The van der Waals surface area contributed by atoms with E-state index in [1.54, 1.807) is 41.5 Å². The number of halogens is 1. The largest absolute Gasteiger partial charge is 0.480 e. The first kappa shape index (κ1) is 33.1. The normalized spacial score (nSPS) is 27.8. The summed E-state index contributed by atoms with van der Waals surface area (Å²) in [4.78, 5) is 37.1. The molecule has 1 fully saturated rings. The Morgan fingerprint density at radius 1 is 1.08 bits per heavy atom. The number of nitrogens with zero attached hydrogens (tertiary/aromatic N) is 1. The standard InChI is InChI=1S/C23H38FN2O12P/c1-8-23(16(28)15(24)17(38-23)26-10-9-14(27)25-20(26)31)11-35-39(32,36-12-33-18(29)21(2,3)4)37-13-34-19(30)22(5,6)7/h9-10,14-17,27-28H,8,11-13H2,1-7H3,(H,25,31)/t14?,15-,16+,17-,23-/m1/s1. The number of hydrogen-bond acceptors (Lipinski definition) is 12. The molecular formula is C23H38FN2O12P. The van der Waals surface area contributed by atoms with Crippen LogP contribution >= 0.6 is 7.82 Å². The molecule has 2 aliphatic rings. The van der Waals surface area contributed by atoms with E-state index in [1.807, 2.05) is 0 Å². The number of aliphatic hydroxyl groups is 2. The molecule has 39 heavy (non-hydrogen) atoms. The number of amides is 2. The Kier molecular flexibility index (Phi) is 10.7. The van der Waals surface area contributed by atoms with Gasteiger partial charge in [0.05, 0.1) is 17.4 Å². The molecule has 2 amide bonds. The lowest BCUT2D eigenvalue weighted by Gasteiger charge is -2.33. The first-order valence-corrected chi connectivity index (χ1v) is 13.6. The van der Waals surface area contributed by atoms with Crippen molar-refractivity contribution in [3.63, 3.8) is 0 Å². The van der Waals surface area contributed by atoms with Gasteiger partial charge in [0.15, 0.2) is 12.4 Å². The number of carbonyl (C=O) groups excluding carboxylic acids is 3. The van der Waals surface area contributed by atoms with E-state index >= 15 is 4.39 Å². The molecule has 2 rings (SSSR count). The molecule has 0 radical (unpaired) electrons. The minimum Gasteiger partial charge on any atom is -0.437 e. The maximum Gasteiger partial charge on any atom is 0.480 e. The van der Waals surface area contributed by atoms with Crippen molar-refractivity contribution in [2.24, 2.45) is 10.8 Å². The van der Waals surface area contributed by atoms with Crippen LogP contribution in [0.2, 0.25) is 0 Å². The summed E-state index contributed by atoms with van der Waals surface area (Å²) in [5.74, 6) is -1.37. The van der Waals surface area contributed by atoms with Gasteiger partial charge in [-0.15, -0.1) is 0 Å². The molecule has 0 spiro atoms. The van der Waals surface area contributed by atoms with Crippen LogP contribution < -0.4 is 5.32 Å². The van der Waals surface area contributed by atoms with Gasteiger partial charge in [-0.2, -0.15) is 0 Å². The summed E-state index contributed by atoms with van der Waals surface area (Å²) < 4.78 is 59.6. The Morgan fingerprint density at radius 3 is 2.03 bits per heavy atom. The monoisotopic (exact) mass is 584 g/mol. The van der Waals surface area contributed by atoms with Crippen LogP contribution in [0.5, 0.6) is 0 Å². The number of nitrogens with one attached hydrogen (secondary N) is 1. The van der Waals surface area contributed by atoms with E-state index < -0.39 is 87.1 Å². The molecule has 0 aliphatic carbocycles. The van der Waals surface area contributed by atoms with E-state index in [1.165, 1.54) is 13.0 Å². The van der Waals surface area contributed by atoms with Crippen molar-refractivity contribution in [3.05, 3.63) is 12.3 Å². The summed E-state index contributed by atoms with van der Waals surface area (Å²) in [6.45, 7) is 8.54. The highest BCUT2D eigenvalue weighted by Gasteiger charge is 2.58. The van der Waals surface area contributed by atoms with Gasteiger partial charge < -0.3 is 29.7 Å². The molecule has 16 heteroatoms. The lowest BCUT2D eigenvalue weighted by Crippen LogP contribution is -2.52. The fraction of sp³-hybridized carbons (Fsp3) is 0.783. The van der Waals surface area contributed by atoms with Crippen LogP contribution in [-0.4, -0.2) is 83.6 Å². The number of hydrogen-bond donors (Lipinski definition) is 3. The van der Waals surface area contributed by atoms with Gasteiger partial charge >= 0.3 is 25.8 Å². The smallest absolute Gasteiger partial charge is 0.437 e. The zero-order valence-electron chi connectivity index (χ0n) is 23.0. The van der Waals surface area contributed by atoms with Gasteiger partial charge in [0, 0.05) is 6.20 Å². The summed E-state index contributed by atoms with van der Waals surface area (Å²) in [6.07, 6.45) is -4.69. The first-order chi connectivity index (χ1) is 17.8. The molecule has 0 bridgehead atoms. The van der Waals surface area contributed by atoms with Crippen LogP contribution in [0.1, 0.15) is 54.9 Å². The molecule has 14 nitrogen and oxygen atoms in total. The van der Waals surface area contributed by atoms with Crippen molar-refractivity contribution in [3.8, 4) is 0 Å². The Morgan fingerprint density at radius 2 is 1.59 bits per heavy atom. The fourth-order valence-corrected chi connectivity index (χ4v) is 4.22. The number of carbonyl (C=O) groups is 3. The molecule has 0 aromatic heterocycles. The summed E-state index contributed by atoms with van der Waals surface area (Å²) in [5.41, 5.74) is -3.63. The van der Waals surface area contributed by atoms with Crippen LogP contribution in [0, 0.1) is 10.8 Å². The van der Waals surface area contributed by atoms with Gasteiger partial charge in [-0.05, 0) is 54.0 Å². The lowest BCUT2D eigenvalue weighted by molar-refractivity contribution is -0.165. The third kappa shape index (κ3) is 8.43. The molecule has 3 N–H and O–H groups in total. The highest BCUT2D eigenvalue weighted by Crippen LogP contribution is 2.52. The molecule has 2 aliphatic heterocycles. The molecule has 1 unspecified atom stereocenters. The molecule has 1 saturated heterocycles. The Bertz CT molecular complexity index is 945. The van der Waals surface area contributed by atoms with E-state index in [4.69, 9.17) is 27.8 Å². The third-order valence-corrected chi connectivity index (χ3v) is 7.06. The fourth-order valence-electron chi connectivity index (χ4n) is 3.26. The number of alkyl halides is 1. The molecule has 0 aromatic rings. The number of phosphoric ester groups is 1. The van der Waals surface area contributed by atoms with Crippen LogP contribution in [0.3, 0.4) is 0 Å². The van der Waals surface area contributed by atoms with Gasteiger partial charge in [0.1, 0.15) is 17.9 Å². The minimum atomic E-state index is -4.67. The number of phosphoric acid groups is 1. The van der Waals surface area contributed by atoms with Gasteiger partial charge in [-0.25, -0.2) is 22.8 Å². The van der Waals surface area contributed by atoms with Crippen molar-refractivity contribution in [1.29, 1.82) is 0 Å². The zero-order chi connectivity index (χ0) is 29.8. The summed E-state index contributed by atoms with van der Waals surface area (Å²) in [7, 11) is -4.67. The molecule has 0 aromatic carbocycles. The minimum absolute atomic E-state index is 0.0785. The average Bonchev–Trinajstić information content (AvgIpc) is 3.07. The second-order valence-electron chi connectivity index (χ2n) is 11.0. The van der Waals surface area contributed by atoms with Crippen LogP contribution in [0.25, 0.3) is 0 Å². The van der Waals surface area contributed by atoms with Gasteiger partial charge in [-0.3, -0.25) is 19.0 Å². The van der Waals surface area contributed by atoms with E-state index in [0.717, 1.165) is 11.1 Å². The van der Waals surface area contributed by atoms with Gasteiger partial charge in [0.2, 0.25) is 13.6 Å². The third-order valence-electron chi connectivity index (χ3n) is 5.77. The summed E-state index contributed by atoms with van der Waals surface area (Å²) >= 11 is 0. The highest BCUT2D eigenvalue weighted by atomic mass is 31.2. The molecule has 0 saturated carbocycles. The van der Waals surface area contributed by atoms with Crippen LogP contribution in [0.4, 0.5) is 9.18 Å². The first-order valence-electron chi connectivity index (χ1n) is 12.2. The topological polar surface area (TPSA) is 179 Å². The van der Waals surface area contributed by atoms with Crippen molar-refractivity contribution in [2.45, 2.75) is 85.2 Å². The number of esters is 2. The van der Waals surface area contributed by atoms with Gasteiger partial charge in [-0.1, -0.05) is 6.92 Å². The zero-order valence-corrected chi connectivity index (χ0v) is 23.9. The maximum atomic E-state index is 15.1. The van der Waals surface area contributed by atoms with Crippen molar-refractivity contribution in [1.82, 2.24) is 10.2 Å². The molecular weight excluding hydrogens is 546 g/mol. The van der Waals surface area contributed by atoms with Crippen LogP contribution in [-0.2, 0) is 41.9 Å². The highest BCUT2D eigenvalue weighted by molar-refractivity contribution is 7.48.